The SMILES string of the molecule is Cc1ccc2c(c1)C1=CC=NCC1=N2.Cl. The van der Waals surface area contributed by atoms with Crippen molar-refractivity contribution in [1.82, 2.24) is 0 Å². The molecule has 2 aliphatic heterocycles. The zero-order valence-corrected chi connectivity index (χ0v) is 9.21. The van der Waals surface area contributed by atoms with E-state index in [9.17, 15) is 0 Å². The van der Waals surface area contributed by atoms with E-state index >= 15 is 0 Å². The number of hydrogen-bond acceptors (Lipinski definition) is 2. The maximum Gasteiger partial charge on any atom is 0.0818 e. The molecule has 2 nitrogen and oxygen atoms in total. The molecule has 0 saturated carbocycles. The second-order valence-corrected chi connectivity index (χ2v) is 3.65. The van der Waals surface area contributed by atoms with E-state index in [1.807, 2.05) is 12.3 Å². The summed E-state index contributed by atoms with van der Waals surface area (Å²) in [4.78, 5) is 8.74. The third-order valence-electron chi connectivity index (χ3n) is 2.60. The summed E-state index contributed by atoms with van der Waals surface area (Å²) in [5.41, 5.74) is 5.98. The van der Waals surface area contributed by atoms with Crippen LogP contribution in [-0.4, -0.2) is 18.5 Å². The quantitative estimate of drug-likeness (QED) is 0.640. The summed E-state index contributed by atoms with van der Waals surface area (Å²) in [6, 6.07) is 6.37. The zero-order valence-electron chi connectivity index (χ0n) is 8.40. The molecule has 0 radical (unpaired) electrons. The monoisotopic (exact) mass is 218 g/mol. The highest BCUT2D eigenvalue weighted by Crippen LogP contribution is 2.35. The Morgan fingerprint density at radius 3 is 3.00 bits per heavy atom. The van der Waals surface area contributed by atoms with Crippen molar-refractivity contribution in [3.05, 3.63) is 35.4 Å². The third kappa shape index (κ3) is 1.51. The molecule has 3 heteroatoms. The molecule has 0 atom stereocenters. The predicted octanol–water partition coefficient (Wildman–Crippen LogP) is 2.97. The van der Waals surface area contributed by atoms with Crippen molar-refractivity contribution in [3.8, 4) is 0 Å². The number of aliphatic imine (C=N–C) groups is 2. The molecule has 2 aliphatic rings. The van der Waals surface area contributed by atoms with E-state index in [0.29, 0.717) is 0 Å². The number of allylic oxidation sites excluding steroid dienone is 1. The van der Waals surface area contributed by atoms with Crippen molar-refractivity contribution in [1.29, 1.82) is 0 Å². The minimum Gasteiger partial charge on any atom is -0.287 e. The Morgan fingerprint density at radius 2 is 2.13 bits per heavy atom. The Balaban J connectivity index is 0.000000853. The Hall–Kier alpha value is -1.41. The molecule has 3 rings (SSSR count). The van der Waals surface area contributed by atoms with E-state index in [1.54, 1.807) is 0 Å². The van der Waals surface area contributed by atoms with Crippen LogP contribution in [0.2, 0.25) is 0 Å². The molecular weight excluding hydrogens is 208 g/mol. The van der Waals surface area contributed by atoms with Gasteiger partial charge in [0.2, 0.25) is 0 Å². The van der Waals surface area contributed by atoms with Gasteiger partial charge in [0.15, 0.2) is 0 Å². The molecule has 0 aliphatic carbocycles. The molecule has 76 valence electrons. The molecule has 0 saturated heterocycles. The van der Waals surface area contributed by atoms with Gasteiger partial charge in [0.25, 0.3) is 0 Å². The molecule has 0 spiro atoms. The lowest BCUT2D eigenvalue weighted by atomic mass is 10.00. The standard InChI is InChI=1S/C12H10N2.ClH/c1-8-2-3-11-10(6-8)9-4-5-13-7-12(9)14-11;/h2-6H,7H2,1H3;1H. The number of halogens is 1. The van der Waals surface area contributed by atoms with Crippen LogP contribution in [0.15, 0.2) is 34.3 Å². The lowest BCUT2D eigenvalue weighted by Crippen LogP contribution is -2.06. The molecule has 2 heterocycles. The van der Waals surface area contributed by atoms with Gasteiger partial charge in [-0.25, -0.2) is 0 Å². The maximum absolute atomic E-state index is 4.55. The van der Waals surface area contributed by atoms with Gasteiger partial charge in [0.05, 0.1) is 17.9 Å². The molecule has 0 fully saturated rings. The van der Waals surface area contributed by atoms with Crippen LogP contribution in [0.1, 0.15) is 11.1 Å². The summed E-state index contributed by atoms with van der Waals surface area (Å²) < 4.78 is 0. The molecule has 1 aromatic carbocycles. The van der Waals surface area contributed by atoms with Crippen LogP contribution < -0.4 is 0 Å². The van der Waals surface area contributed by atoms with Crippen LogP contribution in [-0.2, 0) is 0 Å². The second kappa shape index (κ2) is 3.63. The summed E-state index contributed by atoms with van der Waals surface area (Å²) in [6.07, 6.45) is 3.92. The summed E-state index contributed by atoms with van der Waals surface area (Å²) in [5, 5.41) is 0. The van der Waals surface area contributed by atoms with Gasteiger partial charge in [-0.3, -0.25) is 9.98 Å². The largest absolute Gasteiger partial charge is 0.287 e. The van der Waals surface area contributed by atoms with Gasteiger partial charge in [0.1, 0.15) is 0 Å². The first-order chi connectivity index (χ1) is 6.84. The van der Waals surface area contributed by atoms with Gasteiger partial charge in [0, 0.05) is 17.4 Å². The van der Waals surface area contributed by atoms with Crippen LogP contribution in [0.3, 0.4) is 0 Å². The Kier molecular flexibility index (Phi) is 2.45. The molecular formula is C12H11ClN2. The van der Waals surface area contributed by atoms with Crippen LogP contribution in [0, 0.1) is 6.92 Å². The first kappa shape index (κ1) is 10.1. The van der Waals surface area contributed by atoms with Crippen LogP contribution in [0.4, 0.5) is 5.69 Å². The average Bonchev–Trinajstić information content (AvgIpc) is 2.56. The Labute approximate surface area is 94.9 Å². The summed E-state index contributed by atoms with van der Waals surface area (Å²) in [6.45, 7) is 2.83. The van der Waals surface area contributed by atoms with Gasteiger partial charge in [-0.05, 0) is 25.1 Å². The smallest absolute Gasteiger partial charge is 0.0818 e. The molecule has 0 amide bonds. The molecule has 0 N–H and O–H groups in total. The van der Waals surface area contributed by atoms with Crippen LogP contribution >= 0.6 is 12.4 Å². The van der Waals surface area contributed by atoms with E-state index < -0.39 is 0 Å². The number of rotatable bonds is 0. The van der Waals surface area contributed by atoms with Gasteiger partial charge in [-0.15, -0.1) is 12.4 Å². The summed E-state index contributed by atoms with van der Waals surface area (Å²) >= 11 is 0. The van der Waals surface area contributed by atoms with Crippen molar-refractivity contribution in [2.75, 3.05) is 6.54 Å². The summed E-state index contributed by atoms with van der Waals surface area (Å²) in [5.74, 6) is 0. The van der Waals surface area contributed by atoms with Gasteiger partial charge < -0.3 is 0 Å². The van der Waals surface area contributed by atoms with Crippen molar-refractivity contribution in [2.24, 2.45) is 9.98 Å². The topological polar surface area (TPSA) is 24.7 Å². The van der Waals surface area contributed by atoms with E-state index in [1.165, 1.54) is 16.7 Å². The van der Waals surface area contributed by atoms with E-state index in [-0.39, 0.29) is 12.4 Å². The number of hydrogen-bond donors (Lipinski definition) is 0. The number of nitrogens with zero attached hydrogens (tertiary/aromatic N) is 2. The highest BCUT2D eigenvalue weighted by molar-refractivity contribution is 6.33. The number of benzene rings is 1. The second-order valence-electron chi connectivity index (χ2n) is 3.65. The van der Waals surface area contributed by atoms with Crippen LogP contribution in [0.5, 0.6) is 0 Å². The first-order valence-electron chi connectivity index (χ1n) is 4.74. The molecule has 1 aromatic rings. The van der Waals surface area contributed by atoms with Crippen molar-refractivity contribution >= 4 is 35.6 Å². The van der Waals surface area contributed by atoms with Gasteiger partial charge in [-0.2, -0.15) is 0 Å². The maximum atomic E-state index is 4.55. The fourth-order valence-corrected chi connectivity index (χ4v) is 1.90. The van der Waals surface area contributed by atoms with Crippen molar-refractivity contribution < 1.29 is 0 Å². The Bertz CT molecular complexity index is 498. The Morgan fingerprint density at radius 1 is 1.27 bits per heavy atom. The van der Waals surface area contributed by atoms with Gasteiger partial charge >= 0.3 is 0 Å². The average molecular weight is 219 g/mol. The highest BCUT2D eigenvalue weighted by atomic mass is 35.5. The lowest BCUT2D eigenvalue weighted by Gasteiger charge is -2.05. The number of dihydropyridines is 1. The summed E-state index contributed by atoms with van der Waals surface area (Å²) in [7, 11) is 0. The molecule has 0 bridgehead atoms. The van der Waals surface area contributed by atoms with E-state index in [4.69, 9.17) is 0 Å². The highest BCUT2D eigenvalue weighted by Gasteiger charge is 2.21. The normalized spacial score (nSPS) is 16.1. The van der Waals surface area contributed by atoms with Crippen LogP contribution in [0.25, 0.3) is 5.57 Å². The molecule has 0 aromatic heterocycles. The lowest BCUT2D eigenvalue weighted by molar-refractivity contribution is 1.31. The van der Waals surface area contributed by atoms with E-state index in [2.05, 4.69) is 35.1 Å². The van der Waals surface area contributed by atoms with Crippen molar-refractivity contribution in [3.63, 3.8) is 0 Å². The minimum atomic E-state index is 0. The number of fused-ring (bicyclic) bond motifs is 3. The zero-order chi connectivity index (χ0) is 9.54. The first-order valence-corrected chi connectivity index (χ1v) is 4.74. The molecule has 0 unspecified atom stereocenters. The fraction of sp³-hybridized carbons (Fsp3) is 0.167. The van der Waals surface area contributed by atoms with Crippen molar-refractivity contribution in [2.45, 2.75) is 6.92 Å². The molecule has 15 heavy (non-hydrogen) atoms. The predicted molar refractivity (Wildman–Crippen MR) is 66.9 cm³/mol. The minimum absolute atomic E-state index is 0. The van der Waals surface area contributed by atoms with E-state index in [0.717, 1.165) is 17.9 Å². The van der Waals surface area contributed by atoms with Gasteiger partial charge in [-0.1, -0.05) is 11.6 Å². The third-order valence-corrected chi connectivity index (χ3v) is 2.60. The fourth-order valence-electron chi connectivity index (χ4n) is 1.90. The number of aryl methyl sites for hydroxylation is 1.